The van der Waals surface area contributed by atoms with E-state index in [4.69, 9.17) is 0 Å². The summed E-state index contributed by atoms with van der Waals surface area (Å²) < 4.78 is 14.5. The lowest BCUT2D eigenvalue weighted by Crippen LogP contribution is -2.24. The summed E-state index contributed by atoms with van der Waals surface area (Å²) in [6.07, 6.45) is 7.49. The van der Waals surface area contributed by atoms with Gasteiger partial charge in [-0.25, -0.2) is 9.37 Å². The van der Waals surface area contributed by atoms with Gasteiger partial charge in [0.2, 0.25) is 0 Å². The molecule has 1 aromatic carbocycles. The quantitative estimate of drug-likeness (QED) is 0.752. The zero-order valence-corrected chi connectivity index (χ0v) is 14.9. The van der Waals surface area contributed by atoms with Gasteiger partial charge in [0.15, 0.2) is 0 Å². The number of nitrogens with zero attached hydrogens (tertiary/aromatic N) is 2. The van der Waals surface area contributed by atoms with E-state index in [9.17, 15) is 14.0 Å². The third-order valence-corrected chi connectivity index (χ3v) is 4.96. The zero-order chi connectivity index (χ0) is 18.8. The summed E-state index contributed by atoms with van der Waals surface area (Å²) in [5.41, 5.74) is 3.00. The molecular weight excluding hydrogens is 345 g/mol. The minimum absolute atomic E-state index is 0.0395. The monoisotopic (exact) mass is 365 g/mol. The van der Waals surface area contributed by atoms with Gasteiger partial charge in [0.25, 0.3) is 11.5 Å². The molecule has 1 aliphatic carbocycles. The van der Waals surface area contributed by atoms with Crippen molar-refractivity contribution < 1.29 is 9.18 Å². The predicted octanol–water partition coefficient (Wildman–Crippen LogP) is 3.74. The Morgan fingerprint density at radius 1 is 1.04 bits per heavy atom. The molecule has 0 bridgehead atoms. The third kappa shape index (κ3) is 3.60. The summed E-state index contributed by atoms with van der Waals surface area (Å²) in [6.45, 7) is 0. The first-order chi connectivity index (χ1) is 13.1. The Labute approximate surface area is 155 Å². The topological polar surface area (TPSA) is 63.5 Å². The molecule has 6 heteroatoms. The molecule has 0 spiro atoms. The summed E-state index contributed by atoms with van der Waals surface area (Å²) >= 11 is 0. The minimum Gasteiger partial charge on any atom is -0.322 e. The fraction of sp³-hybridized carbons (Fsp3) is 0.286. The van der Waals surface area contributed by atoms with Crippen molar-refractivity contribution in [3.05, 3.63) is 75.6 Å². The average Bonchev–Trinajstić information content (AvgIpc) is 2.65. The minimum atomic E-state index is -0.362. The van der Waals surface area contributed by atoms with E-state index in [1.807, 2.05) is 0 Å². The number of pyridine rings is 1. The smallest absolute Gasteiger partial charge is 0.261 e. The molecule has 0 saturated heterocycles. The normalized spacial score (nSPS) is 14.3. The highest BCUT2D eigenvalue weighted by Gasteiger charge is 2.16. The number of fused-ring (bicyclic) bond motifs is 2. The lowest BCUT2D eigenvalue weighted by atomic mass is 9.98. The van der Waals surface area contributed by atoms with Gasteiger partial charge >= 0.3 is 0 Å². The van der Waals surface area contributed by atoms with Crippen LogP contribution in [0.3, 0.4) is 0 Å². The highest BCUT2D eigenvalue weighted by atomic mass is 19.1. The first-order valence-corrected chi connectivity index (χ1v) is 9.23. The molecule has 0 aliphatic heterocycles. The van der Waals surface area contributed by atoms with Gasteiger partial charge in [-0.3, -0.25) is 14.0 Å². The molecule has 1 N–H and O–H groups in total. The molecule has 0 atom stereocenters. The van der Waals surface area contributed by atoms with Crippen LogP contribution in [-0.2, 0) is 12.8 Å². The number of anilines is 1. The molecule has 0 fully saturated rings. The molecule has 4 rings (SSSR count). The maximum absolute atomic E-state index is 13.0. The first kappa shape index (κ1) is 17.4. The van der Waals surface area contributed by atoms with Crippen molar-refractivity contribution in [2.45, 2.75) is 38.5 Å². The Hall–Kier alpha value is -3.02. The molecule has 138 valence electrons. The second-order valence-corrected chi connectivity index (χ2v) is 6.86. The van der Waals surface area contributed by atoms with Crippen LogP contribution in [0.4, 0.5) is 10.1 Å². The second kappa shape index (κ2) is 7.31. The molecule has 1 amide bonds. The van der Waals surface area contributed by atoms with Crippen molar-refractivity contribution in [2.24, 2.45) is 0 Å². The number of rotatable bonds is 2. The van der Waals surface area contributed by atoms with Crippen LogP contribution in [0.15, 0.2) is 47.4 Å². The van der Waals surface area contributed by atoms with Gasteiger partial charge in [0.05, 0.1) is 5.69 Å². The summed E-state index contributed by atoms with van der Waals surface area (Å²) in [6, 6.07) is 8.80. The Morgan fingerprint density at radius 3 is 2.56 bits per heavy atom. The van der Waals surface area contributed by atoms with Gasteiger partial charge in [-0.2, -0.15) is 0 Å². The molecule has 0 saturated carbocycles. The van der Waals surface area contributed by atoms with Gasteiger partial charge in [-0.15, -0.1) is 0 Å². The first-order valence-electron chi connectivity index (χ1n) is 9.23. The summed E-state index contributed by atoms with van der Waals surface area (Å²) in [7, 11) is 0. The highest BCUT2D eigenvalue weighted by molar-refractivity contribution is 6.04. The Balaban J connectivity index is 1.69. The number of hydrogen-bond donors (Lipinski definition) is 1. The predicted molar refractivity (Wildman–Crippen MR) is 102 cm³/mol. The SMILES string of the molecule is O=C(Nc1ccc(F)cc1)c1ccn2c(=O)c3c(nc2c1)CCCCCC3. The van der Waals surface area contributed by atoms with Crippen LogP contribution in [0.5, 0.6) is 0 Å². The lowest BCUT2D eigenvalue weighted by molar-refractivity contribution is 0.102. The second-order valence-electron chi connectivity index (χ2n) is 6.86. The highest BCUT2D eigenvalue weighted by Crippen LogP contribution is 2.18. The molecule has 5 nitrogen and oxygen atoms in total. The van der Waals surface area contributed by atoms with Crippen LogP contribution in [0.2, 0.25) is 0 Å². The Kier molecular flexibility index (Phi) is 4.71. The number of aryl methyl sites for hydroxylation is 1. The van der Waals surface area contributed by atoms with Crippen molar-refractivity contribution >= 4 is 17.2 Å². The number of benzene rings is 1. The largest absolute Gasteiger partial charge is 0.322 e. The fourth-order valence-electron chi connectivity index (χ4n) is 3.50. The summed E-state index contributed by atoms with van der Waals surface area (Å²) in [4.78, 5) is 30.0. The van der Waals surface area contributed by atoms with Crippen molar-refractivity contribution in [3.63, 3.8) is 0 Å². The maximum atomic E-state index is 13.0. The van der Waals surface area contributed by atoms with Crippen LogP contribution in [0.25, 0.3) is 5.65 Å². The molecule has 27 heavy (non-hydrogen) atoms. The molecule has 0 unspecified atom stereocenters. The van der Waals surface area contributed by atoms with E-state index in [1.54, 1.807) is 18.3 Å². The van der Waals surface area contributed by atoms with Crippen molar-refractivity contribution in [3.8, 4) is 0 Å². The average molecular weight is 365 g/mol. The molecule has 1 aliphatic rings. The number of aromatic nitrogens is 2. The van der Waals surface area contributed by atoms with Crippen molar-refractivity contribution in [1.29, 1.82) is 0 Å². The number of halogens is 1. The number of nitrogens with one attached hydrogen (secondary N) is 1. The van der Waals surface area contributed by atoms with E-state index < -0.39 is 0 Å². The van der Waals surface area contributed by atoms with E-state index >= 15 is 0 Å². The molecular formula is C21H20FN3O2. The van der Waals surface area contributed by atoms with Gasteiger partial charge in [-0.1, -0.05) is 12.8 Å². The number of carbonyl (C=O) groups is 1. The zero-order valence-electron chi connectivity index (χ0n) is 14.9. The number of carbonyl (C=O) groups excluding carboxylic acids is 1. The molecule has 2 heterocycles. The number of hydrogen-bond acceptors (Lipinski definition) is 3. The van der Waals surface area contributed by atoms with Crippen LogP contribution >= 0.6 is 0 Å². The van der Waals surface area contributed by atoms with Crippen LogP contribution in [0, 0.1) is 5.82 Å². The molecule has 2 aromatic heterocycles. The van der Waals surface area contributed by atoms with Gasteiger partial charge in [0, 0.05) is 23.0 Å². The standard InChI is InChI=1S/C21H20FN3O2/c22-15-7-9-16(10-8-15)23-20(26)14-11-12-25-19(13-14)24-18-6-4-2-1-3-5-17(18)21(25)27/h7-13H,1-6H2,(H,23,26). The fourth-order valence-corrected chi connectivity index (χ4v) is 3.50. The van der Waals surface area contributed by atoms with Crippen LogP contribution in [0.1, 0.15) is 47.3 Å². The van der Waals surface area contributed by atoms with E-state index in [1.165, 1.54) is 28.7 Å². The Bertz CT molecular complexity index is 1060. The third-order valence-electron chi connectivity index (χ3n) is 4.96. The maximum Gasteiger partial charge on any atom is 0.261 e. The van der Waals surface area contributed by atoms with Crippen molar-refractivity contribution in [1.82, 2.24) is 9.38 Å². The number of amides is 1. The van der Waals surface area contributed by atoms with Gasteiger partial charge in [-0.05, 0) is 62.1 Å². The van der Waals surface area contributed by atoms with Gasteiger partial charge in [0.1, 0.15) is 11.5 Å². The van der Waals surface area contributed by atoms with E-state index in [0.717, 1.165) is 49.8 Å². The van der Waals surface area contributed by atoms with E-state index in [2.05, 4.69) is 10.3 Å². The molecule has 3 aromatic rings. The van der Waals surface area contributed by atoms with Crippen LogP contribution in [-0.4, -0.2) is 15.3 Å². The lowest BCUT2D eigenvalue weighted by Gasteiger charge is -2.14. The Morgan fingerprint density at radius 2 is 1.78 bits per heavy atom. The van der Waals surface area contributed by atoms with Gasteiger partial charge < -0.3 is 5.32 Å². The van der Waals surface area contributed by atoms with E-state index in [0.29, 0.717) is 16.9 Å². The molecule has 0 radical (unpaired) electrons. The summed E-state index contributed by atoms with van der Waals surface area (Å²) in [5.74, 6) is -0.691. The summed E-state index contributed by atoms with van der Waals surface area (Å²) in [5, 5.41) is 2.72. The van der Waals surface area contributed by atoms with Crippen LogP contribution < -0.4 is 10.9 Å². The van der Waals surface area contributed by atoms with Crippen molar-refractivity contribution in [2.75, 3.05) is 5.32 Å². The van der Waals surface area contributed by atoms with E-state index in [-0.39, 0.29) is 17.3 Å².